The molecule has 3 fully saturated rings. The molecule has 4 amide bonds. The number of piperidine rings is 1. The van der Waals surface area contributed by atoms with Crippen LogP contribution in [-0.2, 0) is 20.9 Å². The van der Waals surface area contributed by atoms with Gasteiger partial charge in [0.25, 0.3) is 11.8 Å². The highest BCUT2D eigenvalue weighted by Gasteiger charge is 2.49. The van der Waals surface area contributed by atoms with Crippen LogP contribution in [0.5, 0.6) is 0 Å². The average molecular weight is 606 g/mol. The summed E-state index contributed by atoms with van der Waals surface area (Å²) in [6.07, 6.45) is 1.62. The highest BCUT2D eigenvalue weighted by Crippen LogP contribution is 2.47. The fraction of sp³-hybridized carbons (Fsp3) is 0.519. The second-order valence-electron chi connectivity index (χ2n) is 11.3. The number of nitrogens with zero attached hydrogens (tertiary/aromatic N) is 5. The number of rotatable bonds is 5. The number of benzene rings is 1. The highest BCUT2D eigenvalue weighted by atomic mass is 19.4. The van der Waals surface area contributed by atoms with Crippen molar-refractivity contribution in [3.8, 4) is 5.69 Å². The maximum Gasteiger partial charge on any atom is 0.490 e. The Labute approximate surface area is 243 Å². The second-order valence-corrected chi connectivity index (χ2v) is 11.3. The second kappa shape index (κ2) is 11.4. The van der Waals surface area contributed by atoms with Gasteiger partial charge in [-0.25, -0.2) is 9.48 Å². The number of halogens is 3. The lowest BCUT2D eigenvalue weighted by Gasteiger charge is -2.31. The van der Waals surface area contributed by atoms with Crippen LogP contribution in [0.25, 0.3) is 5.69 Å². The van der Waals surface area contributed by atoms with E-state index in [0.29, 0.717) is 36.8 Å². The van der Waals surface area contributed by atoms with Crippen LogP contribution < -0.4 is 10.6 Å². The van der Waals surface area contributed by atoms with E-state index in [0.717, 1.165) is 24.9 Å². The summed E-state index contributed by atoms with van der Waals surface area (Å²) >= 11 is 0. The Morgan fingerprint density at radius 2 is 1.93 bits per heavy atom. The summed E-state index contributed by atoms with van der Waals surface area (Å²) < 4.78 is 33.2. The summed E-state index contributed by atoms with van der Waals surface area (Å²) in [6, 6.07) is 5.21. The SMILES string of the molecule is CN1CC[C@@]2(CNC(=O)c3cn(-c4ccc5c(c4)C(=O)N(C4CCC(=O)NC4=O)C5)nn3)CCC[C@@H]12.O=C(O)C(F)(F)F. The third-order valence-electron chi connectivity index (χ3n) is 8.70. The molecule has 16 heteroatoms. The van der Waals surface area contributed by atoms with Gasteiger partial charge in [0, 0.05) is 36.5 Å². The van der Waals surface area contributed by atoms with Crippen LogP contribution in [0.1, 0.15) is 64.9 Å². The Kier molecular flexibility index (Phi) is 7.98. The largest absolute Gasteiger partial charge is 0.490 e. The van der Waals surface area contributed by atoms with Gasteiger partial charge in [-0.2, -0.15) is 13.2 Å². The predicted molar refractivity (Wildman–Crippen MR) is 141 cm³/mol. The van der Waals surface area contributed by atoms with E-state index in [4.69, 9.17) is 9.90 Å². The molecule has 13 nitrogen and oxygen atoms in total. The zero-order chi connectivity index (χ0) is 31.1. The minimum Gasteiger partial charge on any atom is -0.475 e. The van der Waals surface area contributed by atoms with Crippen LogP contribution >= 0.6 is 0 Å². The molecule has 1 aliphatic carbocycles. The Bertz CT molecular complexity index is 1480. The molecule has 3 atom stereocenters. The summed E-state index contributed by atoms with van der Waals surface area (Å²) in [5.74, 6) is -4.02. The lowest BCUT2D eigenvalue weighted by Crippen LogP contribution is -2.52. The maximum absolute atomic E-state index is 13.1. The number of hydrogen-bond acceptors (Lipinski definition) is 8. The quantitative estimate of drug-likeness (QED) is 0.425. The minimum absolute atomic E-state index is 0.148. The van der Waals surface area contributed by atoms with E-state index in [9.17, 15) is 32.3 Å². The Balaban J connectivity index is 0.000000472. The molecule has 1 unspecified atom stereocenters. The van der Waals surface area contributed by atoms with Crippen molar-refractivity contribution < 1.29 is 42.3 Å². The van der Waals surface area contributed by atoms with Crippen molar-refractivity contribution in [1.29, 1.82) is 0 Å². The lowest BCUT2D eigenvalue weighted by molar-refractivity contribution is -0.192. The number of fused-ring (bicyclic) bond motifs is 2. The topological polar surface area (TPSA) is 167 Å². The first-order valence-corrected chi connectivity index (χ1v) is 13.8. The van der Waals surface area contributed by atoms with Gasteiger partial charge in [-0.3, -0.25) is 24.5 Å². The monoisotopic (exact) mass is 605 g/mol. The van der Waals surface area contributed by atoms with E-state index in [1.54, 1.807) is 12.3 Å². The molecule has 0 spiro atoms. The molecule has 6 rings (SSSR count). The maximum atomic E-state index is 13.1. The number of alkyl halides is 3. The molecule has 4 heterocycles. The predicted octanol–water partition coefficient (Wildman–Crippen LogP) is 1.27. The summed E-state index contributed by atoms with van der Waals surface area (Å²) in [4.78, 5) is 62.5. The molecule has 1 aromatic carbocycles. The number of likely N-dealkylation sites (tertiary alicyclic amines) is 1. The lowest BCUT2D eigenvalue weighted by atomic mass is 9.82. The number of carbonyl (C=O) groups excluding carboxylic acids is 4. The van der Waals surface area contributed by atoms with E-state index in [2.05, 4.69) is 32.9 Å². The van der Waals surface area contributed by atoms with Crippen LogP contribution in [0.15, 0.2) is 24.4 Å². The smallest absolute Gasteiger partial charge is 0.475 e. The fourth-order valence-electron chi connectivity index (χ4n) is 6.48. The first-order chi connectivity index (χ1) is 20.3. The van der Waals surface area contributed by atoms with E-state index in [1.807, 2.05) is 12.1 Å². The molecule has 43 heavy (non-hydrogen) atoms. The number of carbonyl (C=O) groups is 5. The highest BCUT2D eigenvalue weighted by molar-refractivity contribution is 6.05. The van der Waals surface area contributed by atoms with Gasteiger partial charge in [-0.15, -0.1) is 5.10 Å². The van der Waals surface area contributed by atoms with Gasteiger partial charge < -0.3 is 20.2 Å². The molecule has 3 N–H and O–H groups in total. The normalized spacial score (nSPS) is 25.1. The van der Waals surface area contributed by atoms with E-state index in [1.165, 1.54) is 22.4 Å². The summed E-state index contributed by atoms with van der Waals surface area (Å²) in [5, 5.41) is 20.7. The average Bonchev–Trinajstić information content (AvgIpc) is 3.73. The van der Waals surface area contributed by atoms with Crippen LogP contribution in [0.2, 0.25) is 0 Å². The Morgan fingerprint density at radius 1 is 1.19 bits per heavy atom. The van der Waals surface area contributed by atoms with E-state index in [-0.39, 0.29) is 35.3 Å². The summed E-state index contributed by atoms with van der Waals surface area (Å²) in [7, 11) is 2.16. The number of aliphatic carboxylic acids is 1. The van der Waals surface area contributed by atoms with Crippen molar-refractivity contribution in [2.75, 3.05) is 20.1 Å². The molecule has 2 aromatic rings. The number of amides is 4. The number of nitrogens with one attached hydrogen (secondary N) is 2. The third-order valence-corrected chi connectivity index (χ3v) is 8.70. The van der Waals surface area contributed by atoms with Gasteiger partial charge in [0.2, 0.25) is 11.8 Å². The first-order valence-electron chi connectivity index (χ1n) is 13.8. The van der Waals surface area contributed by atoms with Gasteiger partial charge in [0.05, 0.1) is 11.9 Å². The van der Waals surface area contributed by atoms with Crippen LogP contribution in [0, 0.1) is 5.41 Å². The zero-order valence-electron chi connectivity index (χ0n) is 23.2. The molecule has 4 aliphatic rings. The van der Waals surface area contributed by atoms with Crippen molar-refractivity contribution in [3.05, 3.63) is 41.2 Å². The third kappa shape index (κ3) is 5.96. The van der Waals surface area contributed by atoms with Gasteiger partial charge in [0.15, 0.2) is 5.69 Å². The van der Waals surface area contributed by atoms with Gasteiger partial charge >= 0.3 is 12.1 Å². The molecule has 1 aromatic heterocycles. The van der Waals surface area contributed by atoms with Crippen LogP contribution in [0.3, 0.4) is 0 Å². The Hall–Kier alpha value is -4.34. The molecular formula is C27H30F3N7O6. The number of aromatic nitrogens is 3. The van der Waals surface area contributed by atoms with Crippen molar-refractivity contribution in [1.82, 2.24) is 35.4 Å². The summed E-state index contributed by atoms with van der Waals surface area (Å²) in [6.45, 7) is 2.01. The van der Waals surface area contributed by atoms with Crippen LogP contribution in [-0.4, -0.2) is 97.9 Å². The first kappa shape index (κ1) is 30.1. The Morgan fingerprint density at radius 3 is 2.63 bits per heavy atom. The zero-order valence-corrected chi connectivity index (χ0v) is 23.2. The number of imide groups is 1. The molecular weight excluding hydrogens is 575 g/mol. The van der Waals surface area contributed by atoms with Crippen molar-refractivity contribution in [2.24, 2.45) is 5.41 Å². The molecule has 0 radical (unpaired) electrons. The van der Waals surface area contributed by atoms with Crippen molar-refractivity contribution >= 4 is 29.6 Å². The van der Waals surface area contributed by atoms with Gasteiger partial charge in [-0.05, 0) is 57.0 Å². The van der Waals surface area contributed by atoms with Crippen LogP contribution in [0.4, 0.5) is 13.2 Å². The number of carboxylic acid groups (broad SMARTS) is 1. The van der Waals surface area contributed by atoms with E-state index >= 15 is 0 Å². The minimum atomic E-state index is -5.08. The van der Waals surface area contributed by atoms with Gasteiger partial charge in [-0.1, -0.05) is 17.7 Å². The van der Waals surface area contributed by atoms with E-state index < -0.39 is 24.1 Å². The van der Waals surface area contributed by atoms with Crippen molar-refractivity contribution in [2.45, 2.75) is 63.3 Å². The number of hydrogen-bond donors (Lipinski definition) is 3. The molecule has 2 saturated heterocycles. The number of carboxylic acids is 1. The molecule has 1 saturated carbocycles. The fourth-order valence-corrected chi connectivity index (χ4v) is 6.48. The van der Waals surface area contributed by atoms with Crippen molar-refractivity contribution in [3.63, 3.8) is 0 Å². The van der Waals surface area contributed by atoms with Gasteiger partial charge in [0.1, 0.15) is 6.04 Å². The molecule has 3 aliphatic heterocycles. The molecule has 230 valence electrons. The molecule has 0 bridgehead atoms. The summed E-state index contributed by atoms with van der Waals surface area (Å²) in [5.41, 5.74) is 2.26. The standard InChI is InChI=1S/C25H29N7O4.C2HF3O2/c1-30-10-9-25(8-2-3-20(25)30)14-26-22(34)18-13-32(29-28-18)16-5-4-15-12-31(24(36)17(15)11-16)19-6-7-21(33)27-23(19)35;3-2(4,5)1(6)7/h4-5,11,13,19-20H,2-3,6-10,12,14H2,1H3,(H,26,34)(H,27,33,35);(H,6,7)/t19?,20-,25-;/m1./s1.